The van der Waals surface area contributed by atoms with Gasteiger partial charge in [0.05, 0.1) is 12.6 Å². The third-order valence-corrected chi connectivity index (χ3v) is 2.89. The predicted molar refractivity (Wildman–Crippen MR) is 54.8 cm³/mol. The molecule has 1 N–H and O–H groups in total. The average Bonchev–Trinajstić information content (AvgIpc) is 2.83. The van der Waals surface area contributed by atoms with Gasteiger partial charge in [-0.2, -0.15) is 8.78 Å². The number of hydrogen-bond acceptors (Lipinski definition) is 5. The SMILES string of the molecule is [B][C@@H]1O[C@H](CO)C2OC(OC)O[C@]21C=C=C(F)F. The Bertz CT molecular complexity index is 382. The topological polar surface area (TPSA) is 57.2 Å². The summed E-state index contributed by atoms with van der Waals surface area (Å²) in [5.41, 5.74) is 0.279. The zero-order valence-corrected chi connectivity index (χ0v) is 9.51. The summed E-state index contributed by atoms with van der Waals surface area (Å²) in [4.78, 5) is 0. The van der Waals surface area contributed by atoms with Crippen LogP contribution in [0, 0.1) is 0 Å². The van der Waals surface area contributed by atoms with Crippen LogP contribution in [0.1, 0.15) is 0 Å². The van der Waals surface area contributed by atoms with Crippen molar-refractivity contribution in [3.05, 3.63) is 17.9 Å². The van der Waals surface area contributed by atoms with Crippen LogP contribution in [0.15, 0.2) is 17.9 Å². The van der Waals surface area contributed by atoms with E-state index in [-0.39, 0.29) is 6.61 Å². The Kier molecular flexibility index (Phi) is 3.86. The summed E-state index contributed by atoms with van der Waals surface area (Å²) in [6.07, 6.45) is -2.69. The Balaban J connectivity index is 2.36. The monoisotopic (exact) mass is 260 g/mol. The number of ether oxygens (including phenoxy) is 4. The Labute approximate surface area is 103 Å². The Morgan fingerprint density at radius 1 is 1.56 bits per heavy atom. The smallest absolute Gasteiger partial charge is 0.312 e. The molecule has 98 valence electrons. The number of hydrogen-bond donors (Lipinski definition) is 1. The van der Waals surface area contributed by atoms with Gasteiger partial charge in [0.2, 0.25) is 0 Å². The van der Waals surface area contributed by atoms with E-state index in [0.29, 0.717) is 0 Å². The highest BCUT2D eigenvalue weighted by Crippen LogP contribution is 2.43. The summed E-state index contributed by atoms with van der Waals surface area (Å²) in [6.45, 7) is -1.44. The molecule has 0 aliphatic carbocycles. The van der Waals surface area contributed by atoms with Crippen molar-refractivity contribution in [1.82, 2.24) is 0 Å². The van der Waals surface area contributed by atoms with Gasteiger partial charge in [0.25, 0.3) is 6.48 Å². The molecular formula is C10H11BF2O5. The molecule has 2 aliphatic rings. The molecule has 18 heavy (non-hydrogen) atoms. The number of halogens is 2. The first-order chi connectivity index (χ1) is 8.53. The maximum Gasteiger partial charge on any atom is 0.312 e. The standard InChI is InChI=1S/C10H11BF2O5/c1-15-9-17-7-5(4-14)16-8(11)10(7,18-9)3-2-6(12)13/h3,5,7-9,14H,4H2,1H3/t5-,7?,8-,9?,10-/m1/s1. The fraction of sp³-hybridized carbons (Fsp3) is 0.700. The number of aliphatic hydroxyl groups excluding tert-OH is 1. The number of methoxy groups -OCH3 is 1. The largest absolute Gasteiger partial charge is 0.394 e. The van der Waals surface area contributed by atoms with Gasteiger partial charge in [0.1, 0.15) is 25.7 Å². The molecule has 0 aromatic rings. The predicted octanol–water partition coefficient (Wildman–Crippen LogP) is -0.108. The highest BCUT2D eigenvalue weighted by molar-refractivity contribution is 6.12. The van der Waals surface area contributed by atoms with E-state index >= 15 is 0 Å². The van der Waals surface area contributed by atoms with E-state index in [1.54, 1.807) is 5.73 Å². The maximum atomic E-state index is 12.1. The third kappa shape index (κ3) is 2.11. The van der Waals surface area contributed by atoms with Gasteiger partial charge in [-0.25, -0.2) is 0 Å². The summed E-state index contributed by atoms with van der Waals surface area (Å²) in [5, 5.41) is 9.14. The molecule has 2 heterocycles. The number of rotatable bonds is 3. The fourth-order valence-corrected chi connectivity index (χ4v) is 2.07. The summed E-state index contributed by atoms with van der Waals surface area (Å²) < 4.78 is 45.0. The Morgan fingerprint density at radius 2 is 2.28 bits per heavy atom. The normalized spacial score (nSPS) is 42.4. The molecule has 2 fully saturated rings. The number of fused-ring (bicyclic) bond motifs is 1. The van der Waals surface area contributed by atoms with E-state index in [0.717, 1.165) is 6.08 Å². The summed E-state index contributed by atoms with van der Waals surface area (Å²) >= 11 is 0. The van der Waals surface area contributed by atoms with Gasteiger partial charge in [0.15, 0.2) is 0 Å². The minimum Gasteiger partial charge on any atom is -0.394 e. The zero-order chi connectivity index (χ0) is 13.3. The van der Waals surface area contributed by atoms with E-state index in [4.69, 9.17) is 31.9 Å². The van der Waals surface area contributed by atoms with Crippen LogP contribution < -0.4 is 0 Å². The van der Waals surface area contributed by atoms with Crippen LogP contribution >= 0.6 is 0 Å². The molecule has 2 rings (SSSR count). The van der Waals surface area contributed by atoms with Gasteiger partial charge in [-0.3, -0.25) is 0 Å². The van der Waals surface area contributed by atoms with Gasteiger partial charge in [0, 0.05) is 7.11 Å². The van der Waals surface area contributed by atoms with Gasteiger partial charge in [-0.15, -0.1) is 0 Å². The highest BCUT2D eigenvalue weighted by Gasteiger charge is 2.61. The minimum atomic E-state index is -2.02. The Morgan fingerprint density at radius 3 is 2.83 bits per heavy atom. The molecule has 2 saturated heterocycles. The lowest BCUT2D eigenvalue weighted by Gasteiger charge is -2.25. The third-order valence-electron chi connectivity index (χ3n) is 2.89. The van der Waals surface area contributed by atoms with Crippen molar-refractivity contribution in [3.8, 4) is 0 Å². The second-order valence-electron chi connectivity index (χ2n) is 3.88. The van der Waals surface area contributed by atoms with Crippen LogP contribution in [0.2, 0.25) is 0 Å². The van der Waals surface area contributed by atoms with E-state index < -0.39 is 36.4 Å². The van der Waals surface area contributed by atoms with E-state index in [1.165, 1.54) is 7.11 Å². The van der Waals surface area contributed by atoms with Crippen molar-refractivity contribution >= 4 is 7.85 Å². The molecule has 5 atom stereocenters. The molecule has 0 aromatic carbocycles. The molecule has 2 aliphatic heterocycles. The van der Waals surface area contributed by atoms with Crippen molar-refractivity contribution in [1.29, 1.82) is 0 Å². The minimum absolute atomic E-state index is 0.379. The van der Waals surface area contributed by atoms with Gasteiger partial charge < -0.3 is 24.1 Å². The van der Waals surface area contributed by atoms with Crippen LogP contribution in [-0.4, -0.2) is 57.0 Å². The average molecular weight is 260 g/mol. The molecule has 0 bridgehead atoms. The molecule has 2 radical (unpaired) electrons. The van der Waals surface area contributed by atoms with Gasteiger partial charge in [-0.1, -0.05) is 5.73 Å². The second kappa shape index (κ2) is 5.09. The second-order valence-corrected chi connectivity index (χ2v) is 3.88. The maximum absolute atomic E-state index is 12.1. The summed E-state index contributed by atoms with van der Waals surface area (Å²) in [5.74, 6) is 0. The van der Waals surface area contributed by atoms with Crippen molar-refractivity contribution in [3.63, 3.8) is 0 Å². The van der Waals surface area contributed by atoms with Gasteiger partial charge >= 0.3 is 6.08 Å². The summed E-state index contributed by atoms with van der Waals surface area (Å²) in [7, 11) is 7.03. The van der Waals surface area contributed by atoms with Crippen LogP contribution in [0.3, 0.4) is 0 Å². The van der Waals surface area contributed by atoms with Crippen molar-refractivity contribution < 1.29 is 32.8 Å². The van der Waals surface area contributed by atoms with Crippen LogP contribution in [0.4, 0.5) is 8.78 Å². The van der Waals surface area contributed by atoms with Crippen molar-refractivity contribution in [2.75, 3.05) is 13.7 Å². The van der Waals surface area contributed by atoms with E-state index in [1.807, 2.05) is 0 Å². The lowest BCUT2D eigenvalue weighted by molar-refractivity contribution is -0.254. The molecule has 5 nitrogen and oxygen atoms in total. The zero-order valence-electron chi connectivity index (χ0n) is 9.51. The summed E-state index contributed by atoms with van der Waals surface area (Å²) in [6, 6.07) is -1.06. The molecule has 2 unspecified atom stereocenters. The molecule has 0 aromatic heterocycles. The lowest BCUT2D eigenvalue weighted by atomic mass is 9.80. The number of aliphatic hydroxyl groups is 1. The lowest BCUT2D eigenvalue weighted by Crippen LogP contribution is -2.45. The van der Waals surface area contributed by atoms with Crippen LogP contribution in [-0.2, 0) is 18.9 Å². The van der Waals surface area contributed by atoms with E-state index in [2.05, 4.69) is 0 Å². The van der Waals surface area contributed by atoms with Crippen LogP contribution in [0.5, 0.6) is 0 Å². The van der Waals surface area contributed by atoms with E-state index in [9.17, 15) is 8.78 Å². The molecule has 0 saturated carbocycles. The van der Waals surface area contributed by atoms with Crippen molar-refractivity contribution in [2.45, 2.75) is 30.3 Å². The Hall–Kier alpha value is -0.755. The first kappa shape index (κ1) is 13.7. The molecule has 8 heteroatoms. The van der Waals surface area contributed by atoms with Gasteiger partial charge in [-0.05, 0) is 6.08 Å². The van der Waals surface area contributed by atoms with Crippen LogP contribution in [0.25, 0.3) is 0 Å². The first-order valence-corrected chi connectivity index (χ1v) is 5.20. The molecule has 0 spiro atoms. The highest BCUT2D eigenvalue weighted by atomic mass is 19.3. The molecule has 0 amide bonds. The fourth-order valence-electron chi connectivity index (χ4n) is 2.07. The first-order valence-electron chi connectivity index (χ1n) is 5.20. The molecular weight excluding hydrogens is 249 g/mol. The quantitative estimate of drug-likeness (QED) is 0.567. The van der Waals surface area contributed by atoms with Crippen molar-refractivity contribution in [2.24, 2.45) is 0 Å².